The lowest BCUT2D eigenvalue weighted by Crippen LogP contribution is -2.42. The molecule has 24 heavy (non-hydrogen) atoms. The van der Waals surface area contributed by atoms with E-state index in [1.54, 1.807) is 4.90 Å². The maximum Gasteiger partial charge on any atom is 0.224 e. The Labute approximate surface area is 144 Å². The molecule has 1 aliphatic carbocycles. The second-order valence-electron chi connectivity index (χ2n) is 6.03. The van der Waals surface area contributed by atoms with Gasteiger partial charge in [0.05, 0.1) is 6.54 Å². The highest BCUT2D eigenvalue weighted by Gasteiger charge is 2.12. The van der Waals surface area contributed by atoms with Gasteiger partial charge < -0.3 is 15.5 Å². The highest BCUT2D eigenvalue weighted by Crippen LogP contribution is 2.08. The maximum absolute atomic E-state index is 12.2. The van der Waals surface area contributed by atoms with Crippen molar-refractivity contribution in [1.29, 1.82) is 0 Å². The van der Waals surface area contributed by atoms with Gasteiger partial charge in [0, 0.05) is 32.6 Å². The van der Waals surface area contributed by atoms with Crippen molar-refractivity contribution in [2.45, 2.75) is 38.8 Å². The summed E-state index contributed by atoms with van der Waals surface area (Å²) in [6.45, 7) is 3.99. The molecule has 5 heteroatoms. The van der Waals surface area contributed by atoms with Gasteiger partial charge in [-0.25, -0.2) is 0 Å². The summed E-state index contributed by atoms with van der Waals surface area (Å²) in [5.74, 6) is 0.908. The Morgan fingerprint density at radius 2 is 1.96 bits per heavy atom. The molecule has 1 aliphatic rings. The van der Waals surface area contributed by atoms with Crippen LogP contribution in [0.2, 0.25) is 0 Å². The fraction of sp³-hybridized carbons (Fsp3) is 0.474. The molecule has 0 heterocycles. The summed E-state index contributed by atoms with van der Waals surface area (Å²) in [5, 5.41) is 6.65. The first-order valence-corrected chi connectivity index (χ1v) is 8.66. The fourth-order valence-corrected chi connectivity index (χ4v) is 2.65. The van der Waals surface area contributed by atoms with Crippen LogP contribution in [0.1, 0.15) is 31.7 Å². The number of benzene rings is 1. The number of carbonyl (C=O) groups is 1. The van der Waals surface area contributed by atoms with E-state index >= 15 is 0 Å². The van der Waals surface area contributed by atoms with Crippen LogP contribution in [0.5, 0.6) is 0 Å². The first-order chi connectivity index (χ1) is 11.7. The number of guanidine groups is 1. The van der Waals surface area contributed by atoms with Crippen molar-refractivity contribution in [3.8, 4) is 0 Å². The third kappa shape index (κ3) is 6.07. The van der Waals surface area contributed by atoms with Crippen LogP contribution in [-0.4, -0.2) is 42.9 Å². The van der Waals surface area contributed by atoms with E-state index in [1.807, 2.05) is 44.3 Å². The summed E-state index contributed by atoms with van der Waals surface area (Å²) in [6, 6.07) is 10.4. The molecule has 2 N–H and O–H groups in total. The second kappa shape index (κ2) is 9.75. The number of nitrogens with one attached hydrogen (secondary N) is 2. The molecule has 1 amide bonds. The summed E-state index contributed by atoms with van der Waals surface area (Å²) in [5.41, 5.74) is 1.14. The Balaban J connectivity index is 1.77. The van der Waals surface area contributed by atoms with Gasteiger partial charge in [-0.15, -0.1) is 0 Å². The van der Waals surface area contributed by atoms with Crippen LogP contribution < -0.4 is 10.6 Å². The molecule has 0 radical (unpaired) electrons. The zero-order valence-corrected chi connectivity index (χ0v) is 14.7. The molecule has 0 unspecified atom stereocenters. The van der Waals surface area contributed by atoms with E-state index in [-0.39, 0.29) is 5.91 Å². The Morgan fingerprint density at radius 3 is 2.62 bits per heavy atom. The Morgan fingerprint density at radius 1 is 1.25 bits per heavy atom. The molecular weight excluding hydrogens is 300 g/mol. The fourth-order valence-electron chi connectivity index (χ4n) is 2.65. The molecule has 130 valence electrons. The van der Waals surface area contributed by atoms with Gasteiger partial charge >= 0.3 is 0 Å². The van der Waals surface area contributed by atoms with Crippen LogP contribution in [0, 0.1) is 0 Å². The number of hydrogen-bond donors (Lipinski definition) is 2. The van der Waals surface area contributed by atoms with Crippen molar-refractivity contribution >= 4 is 11.9 Å². The summed E-state index contributed by atoms with van der Waals surface area (Å²) in [6.07, 6.45) is 6.85. The Kier molecular flexibility index (Phi) is 7.33. The van der Waals surface area contributed by atoms with Crippen molar-refractivity contribution < 1.29 is 4.79 Å². The van der Waals surface area contributed by atoms with Gasteiger partial charge in [-0.1, -0.05) is 42.5 Å². The van der Waals surface area contributed by atoms with Crippen molar-refractivity contribution in [3.63, 3.8) is 0 Å². The van der Waals surface area contributed by atoms with Crippen LogP contribution in [0.15, 0.2) is 47.5 Å². The molecular formula is C19H28N4O. The lowest BCUT2D eigenvalue weighted by atomic mass is 10.2. The average Bonchev–Trinajstić information content (AvgIpc) is 3.09. The summed E-state index contributed by atoms with van der Waals surface area (Å²) >= 11 is 0. The molecule has 0 saturated carbocycles. The number of nitrogens with zero attached hydrogens (tertiary/aromatic N) is 2. The van der Waals surface area contributed by atoms with Gasteiger partial charge in [-0.3, -0.25) is 9.79 Å². The van der Waals surface area contributed by atoms with Crippen LogP contribution in [0.25, 0.3) is 0 Å². The van der Waals surface area contributed by atoms with Crippen molar-refractivity contribution in [3.05, 3.63) is 48.0 Å². The van der Waals surface area contributed by atoms with Gasteiger partial charge in [0.15, 0.2) is 5.96 Å². The van der Waals surface area contributed by atoms with Gasteiger partial charge in [-0.2, -0.15) is 0 Å². The summed E-state index contributed by atoms with van der Waals surface area (Å²) < 4.78 is 0. The number of carbonyl (C=O) groups excluding carboxylic acids is 1. The highest BCUT2D eigenvalue weighted by atomic mass is 16.2. The quantitative estimate of drug-likeness (QED) is 0.459. The van der Waals surface area contributed by atoms with E-state index in [1.165, 1.54) is 0 Å². The molecule has 0 bridgehead atoms. The zero-order chi connectivity index (χ0) is 17.2. The van der Waals surface area contributed by atoms with Crippen molar-refractivity contribution in [1.82, 2.24) is 15.5 Å². The first kappa shape index (κ1) is 18.0. The average molecular weight is 328 g/mol. The number of amides is 1. The summed E-state index contributed by atoms with van der Waals surface area (Å²) in [4.78, 5) is 18.5. The topological polar surface area (TPSA) is 56.7 Å². The number of rotatable bonds is 7. The largest absolute Gasteiger partial charge is 0.357 e. The molecule has 2 rings (SSSR count). The van der Waals surface area contributed by atoms with Crippen molar-refractivity contribution in [2.24, 2.45) is 4.99 Å². The maximum atomic E-state index is 12.2. The Hall–Kier alpha value is -2.30. The number of hydrogen-bond acceptors (Lipinski definition) is 2. The van der Waals surface area contributed by atoms with E-state index in [4.69, 9.17) is 0 Å². The molecule has 0 aliphatic heterocycles. The van der Waals surface area contributed by atoms with E-state index < -0.39 is 0 Å². The predicted octanol–water partition coefficient (Wildman–Crippen LogP) is 2.31. The van der Waals surface area contributed by atoms with Crippen molar-refractivity contribution in [2.75, 3.05) is 20.1 Å². The standard InChI is InChI=1S/C19H28N4O/c1-3-20-19(22-17-11-7-8-12-17)21-14-13-18(24)23(2)15-16-9-5-4-6-10-16/h4-10,17H,3,11-15H2,1-2H3,(H2,20,21,22). The predicted molar refractivity (Wildman–Crippen MR) is 98.8 cm³/mol. The highest BCUT2D eigenvalue weighted by molar-refractivity contribution is 5.81. The molecule has 0 spiro atoms. The molecule has 0 aromatic heterocycles. The third-order valence-corrected chi connectivity index (χ3v) is 3.98. The van der Waals surface area contributed by atoms with E-state index in [0.29, 0.717) is 25.6 Å². The van der Waals surface area contributed by atoms with E-state index in [2.05, 4.69) is 27.8 Å². The van der Waals surface area contributed by atoms with Crippen LogP contribution in [0.4, 0.5) is 0 Å². The zero-order valence-electron chi connectivity index (χ0n) is 14.7. The normalized spacial score (nSPS) is 14.7. The summed E-state index contributed by atoms with van der Waals surface area (Å²) in [7, 11) is 1.84. The third-order valence-electron chi connectivity index (χ3n) is 3.98. The molecule has 0 saturated heterocycles. The minimum absolute atomic E-state index is 0.112. The van der Waals surface area contributed by atoms with Gasteiger partial charge in [0.2, 0.25) is 5.91 Å². The lowest BCUT2D eigenvalue weighted by Gasteiger charge is -2.18. The minimum atomic E-state index is 0.112. The van der Waals surface area contributed by atoms with E-state index in [9.17, 15) is 4.79 Å². The smallest absolute Gasteiger partial charge is 0.224 e. The van der Waals surface area contributed by atoms with Gasteiger partial charge in [0.1, 0.15) is 0 Å². The van der Waals surface area contributed by atoms with Crippen LogP contribution >= 0.6 is 0 Å². The number of aliphatic imine (C=N–C) groups is 1. The van der Waals surface area contributed by atoms with E-state index in [0.717, 1.165) is 30.9 Å². The molecule has 5 nitrogen and oxygen atoms in total. The minimum Gasteiger partial charge on any atom is -0.357 e. The van der Waals surface area contributed by atoms with Crippen LogP contribution in [0.3, 0.4) is 0 Å². The van der Waals surface area contributed by atoms with Crippen LogP contribution in [-0.2, 0) is 11.3 Å². The Bertz CT molecular complexity index is 560. The molecule has 1 aromatic rings. The van der Waals surface area contributed by atoms with Gasteiger partial charge in [-0.05, 0) is 25.3 Å². The SMILES string of the molecule is CCNC(=NCCC(=O)N(C)Cc1ccccc1)NC1CC=CC1. The molecule has 0 fully saturated rings. The lowest BCUT2D eigenvalue weighted by molar-refractivity contribution is -0.130. The first-order valence-electron chi connectivity index (χ1n) is 8.66. The molecule has 0 atom stereocenters. The molecule has 1 aromatic carbocycles. The second-order valence-corrected chi connectivity index (χ2v) is 6.03. The van der Waals surface area contributed by atoms with Gasteiger partial charge in [0.25, 0.3) is 0 Å². The monoisotopic (exact) mass is 328 g/mol.